The zero-order chi connectivity index (χ0) is 17.0. The number of amides is 1. The molecular weight excluding hydrogens is 296 g/mol. The molecule has 0 radical (unpaired) electrons. The van der Waals surface area contributed by atoms with Crippen molar-refractivity contribution in [1.29, 1.82) is 0 Å². The van der Waals surface area contributed by atoms with Crippen molar-refractivity contribution in [3.8, 4) is 0 Å². The van der Waals surface area contributed by atoms with Crippen molar-refractivity contribution in [3.63, 3.8) is 0 Å². The second kappa shape index (κ2) is 7.10. The zero-order valence-electron chi connectivity index (χ0n) is 14.1. The molecule has 1 amide bonds. The van der Waals surface area contributed by atoms with E-state index in [0.717, 1.165) is 18.8 Å². The Kier molecular flexibility index (Phi) is 5.38. The van der Waals surface area contributed by atoms with Gasteiger partial charge in [-0.05, 0) is 42.9 Å². The molecule has 0 bridgehead atoms. The number of rotatable bonds is 5. The van der Waals surface area contributed by atoms with Crippen molar-refractivity contribution in [1.82, 2.24) is 20.3 Å². The van der Waals surface area contributed by atoms with Gasteiger partial charge in [0.15, 0.2) is 5.69 Å². The third-order valence-corrected chi connectivity index (χ3v) is 4.72. The molecule has 1 aromatic heterocycles. The summed E-state index contributed by atoms with van der Waals surface area (Å²) in [5, 5.41) is 18.8. The van der Waals surface area contributed by atoms with Crippen LogP contribution in [0.2, 0.25) is 0 Å². The molecule has 0 saturated heterocycles. The Morgan fingerprint density at radius 1 is 1.30 bits per heavy atom. The topological polar surface area (TPSA) is 97.1 Å². The average Bonchev–Trinajstić information content (AvgIpc) is 2.93. The van der Waals surface area contributed by atoms with Crippen LogP contribution in [0.15, 0.2) is 6.20 Å². The summed E-state index contributed by atoms with van der Waals surface area (Å²) >= 11 is 0. The van der Waals surface area contributed by atoms with Crippen molar-refractivity contribution in [2.24, 2.45) is 17.3 Å². The smallest absolute Gasteiger partial charge is 0.358 e. The van der Waals surface area contributed by atoms with E-state index in [1.165, 1.54) is 23.7 Å². The lowest BCUT2D eigenvalue weighted by Crippen LogP contribution is -2.35. The van der Waals surface area contributed by atoms with Crippen molar-refractivity contribution >= 4 is 11.9 Å². The fourth-order valence-corrected chi connectivity index (χ4v) is 3.17. The van der Waals surface area contributed by atoms with Crippen molar-refractivity contribution in [2.45, 2.75) is 53.0 Å². The normalized spacial score (nSPS) is 21.9. The number of hydrogen-bond donors (Lipinski definition) is 2. The Bertz CT molecular complexity index is 554. The molecule has 0 spiro atoms. The number of aromatic carboxylic acids is 1. The van der Waals surface area contributed by atoms with Gasteiger partial charge in [0.05, 0.1) is 6.20 Å². The number of carbonyl (C=O) groups excluding carboxylic acids is 1. The average molecular weight is 322 g/mol. The lowest BCUT2D eigenvalue weighted by Gasteiger charge is -2.37. The molecule has 7 heteroatoms. The van der Waals surface area contributed by atoms with Crippen LogP contribution in [-0.4, -0.2) is 38.5 Å². The SMILES string of the molecule is CC(C)(C)C1CCC(CNC(=O)Cn2cc(C(=O)O)nn2)CC1. The van der Waals surface area contributed by atoms with Gasteiger partial charge in [-0.25, -0.2) is 9.48 Å². The first-order valence-electron chi connectivity index (χ1n) is 8.16. The van der Waals surface area contributed by atoms with E-state index >= 15 is 0 Å². The van der Waals surface area contributed by atoms with Gasteiger partial charge >= 0.3 is 5.97 Å². The maximum atomic E-state index is 11.9. The second-order valence-corrected chi connectivity index (χ2v) is 7.49. The Labute approximate surface area is 136 Å². The van der Waals surface area contributed by atoms with E-state index in [9.17, 15) is 9.59 Å². The number of carboxylic acid groups (broad SMARTS) is 1. The fourth-order valence-electron chi connectivity index (χ4n) is 3.17. The van der Waals surface area contributed by atoms with E-state index in [2.05, 4.69) is 36.4 Å². The van der Waals surface area contributed by atoms with Crippen LogP contribution >= 0.6 is 0 Å². The minimum Gasteiger partial charge on any atom is -0.476 e. The summed E-state index contributed by atoms with van der Waals surface area (Å²) in [4.78, 5) is 22.6. The maximum Gasteiger partial charge on any atom is 0.358 e. The first kappa shape index (κ1) is 17.4. The molecule has 0 atom stereocenters. The molecule has 1 aromatic rings. The van der Waals surface area contributed by atoms with Crippen LogP contribution in [0.4, 0.5) is 0 Å². The molecule has 1 fully saturated rings. The number of carboxylic acids is 1. The van der Waals surface area contributed by atoms with Crippen LogP contribution in [0.3, 0.4) is 0 Å². The number of aromatic nitrogens is 3. The zero-order valence-corrected chi connectivity index (χ0v) is 14.1. The van der Waals surface area contributed by atoms with Crippen LogP contribution in [0.1, 0.15) is 56.9 Å². The summed E-state index contributed by atoms with van der Waals surface area (Å²) in [5.41, 5.74) is 0.210. The van der Waals surface area contributed by atoms with Crippen molar-refractivity contribution < 1.29 is 14.7 Å². The van der Waals surface area contributed by atoms with Gasteiger partial charge in [-0.1, -0.05) is 26.0 Å². The molecule has 1 saturated carbocycles. The summed E-state index contributed by atoms with van der Waals surface area (Å²) in [7, 11) is 0. The highest BCUT2D eigenvalue weighted by Gasteiger charge is 2.29. The minimum atomic E-state index is -1.15. The first-order valence-corrected chi connectivity index (χ1v) is 8.16. The van der Waals surface area contributed by atoms with Gasteiger partial charge < -0.3 is 10.4 Å². The molecule has 1 aliphatic rings. The van der Waals surface area contributed by atoms with Crippen LogP contribution < -0.4 is 5.32 Å². The Morgan fingerprint density at radius 3 is 2.48 bits per heavy atom. The summed E-state index contributed by atoms with van der Waals surface area (Å²) in [5.74, 6) is -0.0148. The van der Waals surface area contributed by atoms with Crippen molar-refractivity contribution in [2.75, 3.05) is 6.54 Å². The molecule has 7 nitrogen and oxygen atoms in total. The highest BCUT2D eigenvalue weighted by atomic mass is 16.4. The van der Waals surface area contributed by atoms with E-state index in [1.54, 1.807) is 0 Å². The third-order valence-electron chi connectivity index (χ3n) is 4.72. The molecule has 0 aliphatic heterocycles. The summed E-state index contributed by atoms with van der Waals surface area (Å²) < 4.78 is 1.25. The molecule has 2 N–H and O–H groups in total. The van der Waals surface area contributed by atoms with Crippen LogP contribution in [-0.2, 0) is 11.3 Å². The lowest BCUT2D eigenvalue weighted by molar-refractivity contribution is -0.122. The summed E-state index contributed by atoms with van der Waals surface area (Å²) in [6.07, 6.45) is 5.99. The lowest BCUT2D eigenvalue weighted by atomic mass is 9.70. The van der Waals surface area contributed by atoms with Gasteiger partial charge in [-0.2, -0.15) is 0 Å². The molecule has 0 aromatic carbocycles. The van der Waals surface area contributed by atoms with Crippen LogP contribution in [0.5, 0.6) is 0 Å². The number of carbonyl (C=O) groups is 2. The summed E-state index contributed by atoms with van der Waals surface area (Å²) in [6.45, 7) is 7.56. The van der Waals surface area contributed by atoms with Gasteiger partial charge in [0.25, 0.3) is 0 Å². The molecule has 1 aliphatic carbocycles. The molecule has 128 valence electrons. The van der Waals surface area contributed by atoms with E-state index in [4.69, 9.17) is 5.11 Å². The van der Waals surface area contributed by atoms with Crippen molar-refractivity contribution in [3.05, 3.63) is 11.9 Å². The molecular formula is C16H26N4O3. The minimum absolute atomic E-state index is 0.00236. The first-order chi connectivity index (χ1) is 10.8. The fraction of sp³-hybridized carbons (Fsp3) is 0.750. The van der Waals surface area contributed by atoms with E-state index in [1.807, 2.05) is 0 Å². The van der Waals surface area contributed by atoms with E-state index in [0.29, 0.717) is 17.9 Å². The Hall–Kier alpha value is -1.92. The molecule has 0 unspecified atom stereocenters. The summed E-state index contributed by atoms with van der Waals surface area (Å²) in [6, 6.07) is 0. The molecule has 1 heterocycles. The van der Waals surface area contributed by atoms with Gasteiger partial charge in [-0.3, -0.25) is 4.79 Å². The predicted molar refractivity (Wildman–Crippen MR) is 84.9 cm³/mol. The van der Waals surface area contributed by atoms with Gasteiger partial charge in [0.1, 0.15) is 6.54 Å². The van der Waals surface area contributed by atoms with Crippen LogP contribution in [0.25, 0.3) is 0 Å². The third kappa shape index (κ3) is 5.04. The second-order valence-electron chi connectivity index (χ2n) is 7.49. The van der Waals surface area contributed by atoms with Gasteiger partial charge in [0.2, 0.25) is 5.91 Å². The van der Waals surface area contributed by atoms with E-state index < -0.39 is 5.97 Å². The van der Waals surface area contributed by atoms with Crippen LogP contribution in [0, 0.1) is 17.3 Å². The highest BCUT2D eigenvalue weighted by Crippen LogP contribution is 2.39. The molecule has 2 rings (SSSR count). The largest absolute Gasteiger partial charge is 0.476 e. The number of nitrogens with zero attached hydrogens (tertiary/aromatic N) is 3. The van der Waals surface area contributed by atoms with Gasteiger partial charge in [0, 0.05) is 6.54 Å². The molecule has 23 heavy (non-hydrogen) atoms. The number of hydrogen-bond acceptors (Lipinski definition) is 4. The Morgan fingerprint density at radius 2 is 1.96 bits per heavy atom. The van der Waals surface area contributed by atoms with Gasteiger partial charge in [-0.15, -0.1) is 5.10 Å². The van der Waals surface area contributed by atoms with E-state index in [-0.39, 0.29) is 18.1 Å². The monoisotopic (exact) mass is 322 g/mol. The Balaban J connectivity index is 1.72. The standard InChI is InChI=1S/C16H26N4O3/c1-16(2,3)12-6-4-11(5-7-12)8-17-14(21)10-20-9-13(15(22)23)18-19-20/h9,11-12H,4-8,10H2,1-3H3,(H,17,21)(H,22,23). The number of nitrogens with one attached hydrogen (secondary N) is 1. The quantitative estimate of drug-likeness (QED) is 0.863. The maximum absolute atomic E-state index is 11.9. The predicted octanol–water partition coefficient (Wildman–Crippen LogP) is 1.94. The highest BCUT2D eigenvalue weighted by molar-refractivity contribution is 5.84.